The summed E-state index contributed by atoms with van der Waals surface area (Å²) < 4.78 is 0.918. The van der Waals surface area contributed by atoms with E-state index < -0.39 is 12.0 Å². The Morgan fingerprint density at radius 3 is 2.71 bits per heavy atom. The van der Waals surface area contributed by atoms with Crippen LogP contribution < -0.4 is 10.6 Å². The molecule has 0 spiro atoms. The molecule has 0 saturated heterocycles. The maximum absolute atomic E-state index is 11.8. The molecule has 2 amide bonds. The van der Waals surface area contributed by atoms with Crippen LogP contribution in [0.2, 0.25) is 5.02 Å². The van der Waals surface area contributed by atoms with Crippen LogP contribution in [0.25, 0.3) is 0 Å². The van der Waals surface area contributed by atoms with Gasteiger partial charge in [0.15, 0.2) is 0 Å². The Kier molecular flexibility index (Phi) is 5.22. The number of benzene rings is 1. The third kappa shape index (κ3) is 3.96. The van der Waals surface area contributed by atoms with Crippen LogP contribution in [0.1, 0.15) is 15.2 Å². The van der Waals surface area contributed by atoms with Crippen molar-refractivity contribution in [2.45, 2.75) is 6.54 Å². The number of nitrogens with one attached hydrogen (secondary N) is 2. The van der Waals surface area contributed by atoms with Crippen LogP contribution in [0.4, 0.5) is 10.5 Å². The number of carbonyl (C=O) groups excluding carboxylic acids is 1. The number of halogens is 2. The SMILES string of the molecule is O=C(NCc1sccc1Br)Nc1cccc(Cl)c1C(=O)O. The number of urea groups is 1. The second-order valence-corrected chi connectivity index (χ2v) is 6.23. The first-order valence-corrected chi connectivity index (χ1v) is 7.82. The van der Waals surface area contributed by atoms with E-state index in [1.54, 1.807) is 6.07 Å². The fourth-order valence-corrected chi connectivity index (χ4v) is 3.31. The summed E-state index contributed by atoms with van der Waals surface area (Å²) in [6.07, 6.45) is 0. The number of carboxylic acid groups (broad SMARTS) is 1. The number of anilines is 1. The molecule has 2 aromatic rings. The highest BCUT2D eigenvalue weighted by molar-refractivity contribution is 9.10. The first-order valence-electron chi connectivity index (χ1n) is 5.77. The van der Waals surface area contributed by atoms with Gasteiger partial charge in [0.2, 0.25) is 0 Å². The topological polar surface area (TPSA) is 78.4 Å². The van der Waals surface area contributed by atoms with E-state index in [9.17, 15) is 9.59 Å². The minimum absolute atomic E-state index is 0.0706. The molecule has 0 saturated carbocycles. The average molecular weight is 390 g/mol. The van der Waals surface area contributed by atoms with E-state index in [0.717, 1.165) is 9.35 Å². The van der Waals surface area contributed by atoms with Crippen molar-refractivity contribution in [3.05, 3.63) is 49.6 Å². The largest absolute Gasteiger partial charge is 0.478 e. The van der Waals surface area contributed by atoms with Gasteiger partial charge < -0.3 is 15.7 Å². The molecule has 0 atom stereocenters. The van der Waals surface area contributed by atoms with Gasteiger partial charge in [0.05, 0.1) is 17.3 Å². The maximum atomic E-state index is 11.8. The second kappa shape index (κ2) is 6.93. The summed E-state index contributed by atoms with van der Waals surface area (Å²) in [5, 5.41) is 16.2. The zero-order chi connectivity index (χ0) is 15.4. The summed E-state index contributed by atoms with van der Waals surface area (Å²) in [6, 6.07) is 5.90. The molecule has 1 aromatic carbocycles. The number of rotatable bonds is 4. The summed E-state index contributed by atoms with van der Waals surface area (Å²) in [6.45, 7) is 0.340. The fourth-order valence-electron chi connectivity index (χ4n) is 1.62. The van der Waals surface area contributed by atoms with Gasteiger partial charge >= 0.3 is 12.0 Å². The van der Waals surface area contributed by atoms with Crippen LogP contribution in [0, 0.1) is 0 Å². The number of aromatic carboxylic acids is 1. The quantitative estimate of drug-likeness (QED) is 0.734. The molecule has 2 rings (SSSR count). The predicted molar refractivity (Wildman–Crippen MR) is 86.3 cm³/mol. The Bertz CT molecular complexity index is 690. The standard InChI is InChI=1S/C13H10BrClN2O3S/c14-7-4-5-21-10(7)6-16-13(20)17-9-3-1-2-8(15)11(9)12(18)19/h1-5H,6H2,(H,18,19)(H2,16,17,20). The smallest absolute Gasteiger partial charge is 0.339 e. The molecule has 0 bridgehead atoms. The molecule has 8 heteroatoms. The molecule has 110 valence electrons. The van der Waals surface area contributed by atoms with E-state index in [4.69, 9.17) is 16.7 Å². The number of hydrogen-bond acceptors (Lipinski definition) is 3. The highest BCUT2D eigenvalue weighted by Crippen LogP contribution is 2.25. The van der Waals surface area contributed by atoms with Gasteiger partial charge in [-0.25, -0.2) is 9.59 Å². The zero-order valence-electron chi connectivity index (χ0n) is 10.5. The van der Waals surface area contributed by atoms with Gasteiger partial charge in [0.1, 0.15) is 5.56 Å². The Morgan fingerprint density at radius 2 is 2.10 bits per heavy atom. The van der Waals surface area contributed by atoms with Gasteiger partial charge in [-0.05, 0) is 39.5 Å². The van der Waals surface area contributed by atoms with E-state index >= 15 is 0 Å². The van der Waals surface area contributed by atoms with Gasteiger partial charge in [-0.3, -0.25) is 0 Å². The van der Waals surface area contributed by atoms with Crippen LogP contribution in [-0.2, 0) is 6.54 Å². The zero-order valence-corrected chi connectivity index (χ0v) is 13.7. The first kappa shape index (κ1) is 15.8. The van der Waals surface area contributed by atoms with Crippen LogP contribution in [-0.4, -0.2) is 17.1 Å². The third-order valence-electron chi connectivity index (χ3n) is 2.58. The highest BCUT2D eigenvalue weighted by Gasteiger charge is 2.16. The lowest BCUT2D eigenvalue weighted by molar-refractivity contribution is 0.0698. The van der Waals surface area contributed by atoms with Crippen LogP contribution >= 0.6 is 38.9 Å². The van der Waals surface area contributed by atoms with E-state index in [-0.39, 0.29) is 16.3 Å². The van der Waals surface area contributed by atoms with E-state index in [0.29, 0.717) is 6.54 Å². The van der Waals surface area contributed by atoms with Gasteiger partial charge in [0.25, 0.3) is 0 Å². The van der Waals surface area contributed by atoms with Crippen molar-refractivity contribution in [2.75, 3.05) is 5.32 Å². The molecule has 0 radical (unpaired) electrons. The minimum atomic E-state index is -1.20. The third-order valence-corrected chi connectivity index (χ3v) is 4.82. The molecule has 5 nitrogen and oxygen atoms in total. The Hall–Kier alpha value is -1.57. The Morgan fingerprint density at radius 1 is 1.33 bits per heavy atom. The fraction of sp³-hybridized carbons (Fsp3) is 0.0769. The van der Waals surface area contributed by atoms with Crippen molar-refractivity contribution < 1.29 is 14.7 Å². The van der Waals surface area contributed by atoms with Gasteiger partial charge in [-0.1, -0.05) is 17.7 Å². The maximum Gasteiger partial charge on any atom is 0.339 e. The monoisotopic (exact) mass is 388 g/mol. The lowest BCUT2D eigenvalue weighted by Gasteiger charge is -2.10. The van der Waals surface area contributed by atoms with Crippen molar-refractivity contribution in [1.82, 2.24) is 5.32 Å². The molecular weight excluding hydrogens is 380 g/mol. The van der Waals surface area contributed by atoms with Gasteiger partial charge in [-0.2, -0.15) is 0 Å². The van der Waals surface area contributed by atoms with Crippen LogP contribution in [0.5, 0.6) is 0 Å². The van der Waals surface area contributed by atoms with Gasteiger partial charge in [0, 0.05) is 9.35 Å². The van der Waals surface area contributed by atoms with Crippen molar-refractivity contribution in [1.29, 1.82) is 0 Å². The second-order valence-electron chi connectivity index (χ2n) is 3.97. The number of amides is 2. The molecular formula is C13H10BrClN2O3S. The number of thiophene rings is 1. The van der Waals surface area contributed by atoms with E-state index in [1.807, 2.05) is 11.4 Å². The first-order chi connectivity index (χ1) is 9.99. The predicted octanol–water partition coefficient (Wildman–Crippen LogP) is 4.18. The Balaban J connectivity index is 2.05. The minimum Gasteiger partial charge on any atom is -0.478 e. The van der Waals surface area contributed by atoms with E-state index in [1.165, 1.54) is 23.5 Å². The summed E-state index contributed by atoms with van der Waals surface area (Å²) in [7, 11) is 0. The number of carboxylic acids is 1. The summed E-state index contributed by atoms with van der Waals surface area (Å²) in [4.78, 5) is 24.0. The molecule has 0 unspecified atom stereocenters. The van der Waals surface area contributed by atoms with Crippen LogP contribution in [0.15, 0.2) is 34.1 Å². The molecule has 3 N–H and O–H groups in total. The average Bonchev–Trinajstić information content (AvgIpc) is 2.81. The van der Waals surface area contributed by atoms with Crippen molar-refractivity contribution in [2.24, 2.45) is 0 Å². The summed E-state index contributed by atoms with van der Waals surface area (Å²) >= 11 is 10.7. The normalized spacial score (nSPS) is 10.2. The van der Waals surface area contributed by atoms with Gasteiger partial charge in [-0.15, -0.1) is 11.3 Å². The number of carbonyl (C=O) groups is 2. The highest BCUT2D eigenvalue weighted by atomic mass is 79.9. The molecule has 21 heavy (non-hydrogen) atoms. The molecule has 1 heterocycles. The van der Waals surface area contributed by atoms with Crippen LogP contribution in [0.3, 0.4) is 0 Å². The van der Waals surface area contributed by atoms with E-state index in [2.05, 4.69) is 26.6 Å². The van der Waals surface area contributed by atoms with Crippen molar-refractivity contribution >= 4 is 56.6 Å². The molecule has 0 aliphatic carbocycles. The lowest BCUT2D eigenvalue weighted by atomic mass is 10.2. The summed E-state index contributed by atoms with van der Waals surface area (Å²) in [5.74, 6) is -1.20. The Labute approximate surface area is 138 Å². The molecule has 0 fully saturated rings. The van der Waals surface area contributed by atoms with Crippen molar-refractivity contribution in [3.8, 4) is 0 Å². The molecule has 0 aliphatic rings. The number of hydrogen-bond donors (Lipinski definition) is 3. The molecule has 1 aromatic heterocycles. The lowest BCUT2D eigenvalue weighted by Crippen LogP contribution is -2.28. The van der Waals surface area contributed by atoms with Crippen molar-refractivity contribution in [3.63, 3.8) is 0 Å². The molecule has 0 aliphatic heterocycles. The summed E-state index contributed by atoms with van der Waals surface area (Å²) in [5.41, 5.74) is 0.0179.